The molecule has 19 heavy (non-hydrogen) atoms. The molecule has 2 bridgehead atoms. The van der Waals surface area contributed by atoms with Gasteiger partial charge in [0.2, 0.25) is 5.91 Å². The fourth-order valence-electron chi connectivity index (χ4n) is 3.62. The lowest BCUT2D eigenvalue weighted by Gasteiger charge is -2.24. The number of hydrogen-bond donors (Lipinski definition) is 2. The molecule has 3 N–H and O–H groups in total. The Balaban J connectivity index is 1.62. The fraction of sp³-hybridized carbons (Fsp3) is 0.562. The van der Waals surface area contributed by atoms with Crippen LogP contribution < -0.4 is 11.1 Å². The maximum atomic E-state index is 12.2. The van der Waals surface area contributed by atoms with Gasteiger partial charge in [0.05, 0.1) is 0 Å². The molecule has 3 rings (SSSR count). The second-order valence-electron chi connectivity index (χ2n) is 6.18. The predicted molar refractivity (Wildman–Crippen MR) is 75.5 cm³/mol. The van der Waals surface area contributed by atoms with E-state index in [2.05, 4.69) is 5.32 Å². The average Bonchev–Trinajstić information content (AvgIpc) is 3.01. The van der Waals surface area contributed by atoms with Gasteiger partial charge < -0.3 is 11.1 Å². The fourth-order valence-corrected chi connectivity index (χ4v) is 3.62. The van der Waals surface area contributed by atoms with Crippen LogP contribution in [0.25, 0.3) is 0 Å². The predicted octanol–water partition coefficient (Wildman–Crippen LogP) is 2.30. The number of benzene rings is 1. The summed E-state index contributed by atoms with van der Waals surface area (Å²) in [6.07, 6.45) is 5.07. The zero-order chi connectivity index (χ0) is 13.4. The molecule has 0 aliphatic heterocycles. The third-order valence-corrected chi connectivity index (χ3v) is 4.78. The molecule has 0 saturated heterocycles. The first-order valence-corrected chi connectivity index (χ1v) is 7.26. The quantitative estimate of drug-likeness (QED) is 0.874. The van der Waals surface area contributed by atoms with Crippen molar-refractivity contribution in [3.63, 3.8) is 0 Å². The maximum Gasteiger partial charge on any atom is 0.241 e. The van der Waals surface area contributed by atoms with E-state index in [1.165, 1.54) is 24.8 Å². The minimum Gasteiger partial charge on any atom is -0.351 e. The van der Waals surface area contributed by atoms with E-state index in [9.17, 15) is 4.79 Å². The second-order valence-corrected chi connectivity index (χ2v) is 6.18. The monoisotopic (exact) mass is 258 g/mol. The summed E-state index contributed by atoms with van der Waals surface area (Å²) >= 11 is 0. The summed E-state index contributed by atoms with van der Waals surface area (Å²) < 4.78 is 0. The molecule has 3 nitrogen and oxygen atoms in total. The van der Waals surface area contributed by atoms with Crippen LogP contribution in [0.1, 0.15) is 42.9 Å². The molecule has 0 radical (unpaired) electrons. The van der Waals surface area contributed by atoms with E-state index in [1.54, 1.807) is 0 Å². The Labute approximate surface area is 114 Å². The molecule has 0 aromatic heterocycles. The van der Waals surface area contributed by atoms with E-state index < -0.39 is 6.04 Å². The van der Waals surface area contributed by atoms with Crippen LogP contribution in [-0.2, 0) is 4.79 Å². The minimum atomic E-state index is -0.542. The smallest absolute Gasteiger partial charge is 0.241 e. The Kier molecular flexibility index (Phi) is 3.31. The number of carbonyl (C=O) groups is 1. The molecule has 4 atom stereocenters. The van der Waals surface area contributed by atoms with Crippen LogP contribution in [0.2, 0.25) is 0 Å². The van der Waals surface area contributed by atoms with Crippen LogP contribution in [0.15, 0.2) is 24.3 Å². The van der Waals surface area contributed by atoms with Crippen molar-refractivity contribution in [1.29, 1.82) is 0 Å². The Morgan fingerprint density at radius 3 is 2.58 bits per heavy atom. The van der Waals surface area contributed by atoms with Gasteiger partial charge in [-0.25, -0.2) is 0 Å². The van der Waals surface area contributed by atoms with Crippen LogP contribution in [0, 0.1) is 18.8 Å². The van der Waals surface area contributed by atoms with Crippen LogP contribution in [-0.4, -0.2) is 11.9 Å². The largest absolute Gasteiger partial charge is 0.351 e. The van der Waals surface area contributed by atoms with Gasteiger partial charge in [-0.2, -0.15) is 0 Å². The minimum absolute atomic E-state index is 0.0265. The third-order valence-electron chi connectivity index (χ3n) is 4.78. The summed E-state index contributed by atoms with van der Waals surface area (Å²) in [5.41, 5.74) is 8.13. The van der Waals surface area contributed by atoms with E-state index in [1.807, 2.05) is 31.2 Å². The van der Waals surface area contributed by atoms with Gasteiger partial charge in [-0.1, -0.05) is 36.2 Å². The normalized spacial score (nSPS) is 30.3. The highest BCUT2D eigenvalue weighted by atomic mass is 16.2. The maximum absolute atomic E-state index is 12.2. The Hall–Kier alpha value is -1.35. The molecule has 0 spiro atoms. The topological polar surface area (TPSA) is 55.1 Å². The molecule has 2 saturated carbocycles. The van der Waals surface area contributed by atoms with Gasteiger partial charge in [-0.05, 0) is 43.6 Å². The zero-order valence-electron chi connectivity index (χ0n) is 11.4. The van der Waals surface area contributed by atoms with Crippen molar-refractivity contribution >= 4 is 5.91 Å². The molecular weight excluding hydrogens is 236 g/mol. The van der Waals surface area contributed by atoms with Gasteiger partial charge >= 0.3 is 0 Å². The molecule has 102 valence electrons. The first kappa shape index (κ1) is 12.7. The molecule has 3 heteroatoms. The molecule has 1 amide bonds. The number of amides is 1. The Morgan fingerprint density at radius 2 is 2.00 bits per heavy atom. The molecule has 0 heterocycles. The molecule has 2 fully saturated rings. The molecule has 4 unspecified atom stereocenters. The molecule has 2 aliphatic rings. The van der Waals surface area contributed by atoms with Crippen LogP contribution in [0.4, 0.5) is 0 Å². The van der Waals surface area contributed by atoms with Gasteiger partial charge in [0, 0.05) is 6.04 Å². The van der Waals surface area contributed by atoms with Crippen molar-refractivity contribution in [3.05, 3.63) is 35.4 Å². The van der Waals surface area contributed by atoms with Crippen molar-refractivity contribution in [2.45, 2.75) is 44.7 Å². The third kappa shape index (κ3) is 2.52. The number of nitrogens with one attached hydrogen (secondary N) is 1. The van der Waals surface area contributed by atoms with E-state index in [0.29, 0.717) is 12.0 Å². The number of fused-ring (bicyclic) bond motifs is 2. The lowest BCUT2D eigenvalue weighted by atomic mass is 9.95. The number of carbonyl (C=O) groups excluding carboxylic acids is 1. The summed E-state index contributed by atoms with van der Waals surface area (Å²) in [5.74, 6) is 1.51. The number of aryl methyl sites for hydroxylation is 1. The van der Waals surface area contributed by atoms with E-state index in [4.69, 9.17) is 5.73 Å². The van der Waals surface area contributed by atoms with Crippen molar-refractivity contribution < 1.29 is 4.79 Å². The van der Waals surface area contributed by atoms with Crippen molar-refractivity contribution in [1.82, 2.24) is 5.32 Å². The summed E-state index contributed by atoms with van der Waals surface area (Å²) in [4.78, 5) is 12.2. The molecule has 1 aromatic carbocycles. The number of rotatable bonds is 3. The first-order chi connectivity index (χ1) is 9.13. The summed E-state index contributed by atoms with van der Waals surface area (Å²) in [5, 5.41) is 3.16. The lowest BCUT2D eigenvalue weighted by Crippen LogP contribution is -2.43. The van der Waals surface area contributed by atoms with Gasteiger partial charge in [0.1, 0.15) is 6.04 Å². The SMILES string of the molecule is Cc1ccc(C(N)C(=O)NC2CC3CCC2C3)cc1. The van der Waals surface area contributed by atoms with Crippen molar-refractivity contribution in [3.8, 4) is 0 Å². The molecule has 2 aliphatic carbocycles. The van der Waals surface area contributed by atoms with E-state index in [-0.39, 0.29) is 5.91 Å². The number of nitrogens with two attached hydrogens (primary N) is 1. The zero-order valence-corrected chi connectivity index (χ0v) is 11.4. The standard InChI is InChI=1S/C16H22N2O/c1-10-2-5-12(6-3-10)15(17)16(19)18-14-9-11-4-7-13(14)8-11/h2-3,5-6,11,13-15H,4,7-9,17H2,1H3,(H,18,19). The molecular formula is C16H22N2O. The first-order valence-electron chi connectivity index (χ1n) is 7.26. The van der Waals surface area contributed by atoms with Gasteiger partial charge in [-0.3, -0.25) is 4.79 Å². The van der Waals surface area contributed by atoms with E-state index in [0.717, 1.165) is 17.9 Å². The van der Waals surface area contributed by atoms with Crippen LogP contribution in [0.5, 0.6) is 0 Å². The average molecular weight is 258 g/mol. The summed E-state index contributed by atoms with van der Waals surface area (Å²) in [6.45, 7) is 2.03. The summed E-state index contributed by atoms with van der Waals surface area (Å²) in [7, 11) is 0. The van der Waals surface area contributed by atoms with Crippen molar-refractivity contribution in [2.24, 2.45) is 17.6 Å². The second kappa shape index (κ2) is 4.97. The molecule has 1 aromatic rings. The number of hydrogen-bond acceptors (Lipinski definition) is 2. The highest BCUT2D eigenvalue weighted by Crippen LogP contribution is 2.44. The Bertz CT molecular complexity index is 468. The van der Waals surface area contributed by atoms with Gasteiger partial charge in [-0.15, -0.1) is 0 Å². The van der Waals surface area contributed by atoms with Crippen molar-refractivity contribution in [2.75, 3.05) is 0 Å². The van der Waals surface area contributed by atoms with Gasteiger partial charge in [0.25, 0.3) is 0 Å². The summed E-state index contributed by atoms with van der Waals surface area (Å²) in [6, 6.07) is 7.71. The lowest BCUT2D eigenvalue weighted by molar-refractivity contribution is -0.123. The van der Waals surface area contributed by atoms with E-state index >= 15 is 0 Å². The highest BCUT2D eigenvalue weighted by molar-refractivity contribution is 5.83. The Morgan fingerprint density at radius 1 is 1.26 bits per heavy atom. The van der Waals surface area contributed by atoms with Crippen LogP contribution >= 0.6 is 0 Å². The van der Waals surface area contributed by atoms with Gasteiger partial charge in [0.15, 0.2) is 0 Å². The highest BCUT2D eigenvalue weighted by Gasteiger charge is 2.40. The van der Waals surface area contributed by atoms with Crippen LogP contribution in [0.3, 0.4) is 0 Å².